The summed E-state index contributed by atoms with van der Waals surface area (Å²) in [7, 11) is 2.14. The van der Waals surface area contributed by atoms with Crippen LogP contribution in [0.3, 0.4) is 0 Å². The first-order valence-electron chi connectivity index (χ1n) is 4.26. The van der Waals surface area contributed by atoms with Crippen LogP contribution in [0.4, 0.5) is 0 Å². The standard InChI is InChI=1S/C10H14N/c1-8-6-7-11(2)10-5-3-4-9(8)10/h6-7H,3-5H2,1-2H3/q+1. The van der Waals surface area contributed by atoms with Crippen LogP contribution in [-0.2, 0) is 19.9 Å². The molecule has 0 amide bonds. The average Bonchev–Trinajstić information content (AvgIpc) is 2.45. The topological polar surface area (TPSA) is 3.88 Å². The molecular weight excluding hydrogens is 134 g/mol. The molecule has 1 aliphatic carbocycles. The third kappa shape index (κ3) is 0.953. The van der Waals surface area contributed by atoms with Gasteiger partial charge in [-0.2, -0.15) is 0 Å². The highest BCUT2D eigenvalue weighted by Gasteiger charge is 2.20. The van der Waals surface area contributed by atoms with Crippen LogP contribution in [0, 0.1) is 6.92 Å². The summed E-state index contributed by atoms with van der Waals surface area (Å²) in [6, 6.07) is 2.21. The van der Waals surface area contributed by atoms with Gasteiger partial charge >= 0.3 is 0 Å². The van der Waals surface area contributed by atoms with Gasteiger partial charge in [-0.3, -0.25) is 0 Å². The number of rotatable bonds is 0. The molecule has 1 aromatic rings. The van der Waals surface area contributed by atoms with Gasteiger partial charge in [-0.1, -0.05) is 0 Å². The van der Waals surface area contributed by atoms with E-state index in [0.717, 1.165) is 0 Å². The van der Waals surface area contributed by atoms with Gasteiger partial charge in [-0.05, 0) is 25.3 Å². The van der Waals surface area contributed by atoms with Gasteiger partial charge in [0.15, 0.2) is 11.9 Å². The van der Waals surface area contributed by atoms with Crippen molar-refractivity contribution in [3.8, 4) is 0 Å². The summed E-state index contributed by atoms with van der Waals surface area (Å²) in [6.45, 7) is 2.21. The number of pyridine rings is 1. The van der Waals surface area contributed by atoms with E-state index >= 15 is 0 Å². The van der Waals surface area contributed by atoms with Crippen molar-refractivity contribution in [2.45, 2.75) is 26.2 Å². The minimum absolute atomic E-state index is 1.27. The van der Waals surface area contributed by atoms with Crippen molar-refractivity contribution in [2.24, 2.45) is 7.05 Å². The maximum Gasteiger partial charge on any atom is 0.184 e. The van der Waals surface area contributed by atoms with Crippen molar-refractivity contribution in [2.75, 3.05) is 0 Å². The second-order valence-corrected chi connectivity index (χ2v) is 3.39. The van der Waals surface area contributed by atoms with E-state index in [9.17, 15) is 0 Å². The van der Waals surface area contributed by atoms with Crippen molar-refractivity contribution < 1.29 is 4.57 Å². The lowest BCUT2D eigenvalue weighted by Crippen LogP contribution is -2.33. The van der Waals surface area contributed by atoms with Crippen LogP contribution in [-0.4, -0.2) is 0 Å². The second kappa shape index (κ2) is 2.33. The largest absolute Gasteiger partial charge is 0.205 e. The average molecular weight is 148 g/mol. The Labute approximate surface area is 67.7 Å². The zero-order chi connectivity index (χ0) is 7.84. The summed E-state index contributed by atoms with van der Waals surface area (Å²) in [5, 5.41) is 0. The first kappa shape index (κ1) is 6.84. The molecule has 0 radical (unpaired) electrons. The number of hydrogen-bond donors (Lipinski definition) is 0. The minimum Gasteiger partial charge on any atom is -0.205 e. The van der Waals surface area contributed by atoms with Crippen molar-refractivity contribution in [1.82, 2.24) is 0 Å². The molecule has 0 saturated carbocycles. The lowest BCUT2D eigenvalue weighted by atomic mass is 10.1. The summed E-state index contributed by atoms with van der Waals surface area (Å²) < 4.78 is 2.26. The molecule has 0 aliphatic heterocycles. The number of aromatic nitrogens is 1. The molecule has 1 heterocycles. The first-order valence-corrected chi connectivity index (χ1v) is 4.26. The Morgan fingerprint density at radius 1 is 1.36 bits per heavy atom. The SMILES string of the molecule is Cc1cc[n+](C)c2c1CCC2. The monoisotopic (exact) mass is 148 g/mol. The molecule has 0 atom stereocenters. The van der Waals surface area contributed by atoms with Gasteiger partial charge in [-0.15, -0.1) is 0 Å². The molecule has 1 heteroatoms. The summed E-state index contributed by atoms with van der Waals surface area (Å²) in [6.07, 6.45) is 6.07. The van der Waals surface area contributed by atoms with Crippen LogP contribution < -0.4 is 4.57 Å². The highest BCUT2D eigenvalue weighted by Crippen LogP contribution is 2.20. The normalized spacial score (nSPS) is 15.1. The van der Waals surface area contributed by atoms with Crippen molar-refractivity contribution >= 4 is 0 Å². The molecule has 1 aliphatic rings. The Kier molecular flexibility index (Phi) is 1.45. The Morgan fingerprint density at radius 2 is 2.18 bits per heavy atom. The van der Waals surface area contributed by atoms with Gasteiger partial charge in [0, 0.05) is 18.1 Å². The molecule has 2 rings (SSSR count). The zero-order valence-electron chi connectivity index (χ0n) is 7.22. The summed E-state index contributed by atoms with van der Waals surface area (Å²) >= 11 is 0. The molecule has 0 N–H and O–H groups in total. The first-order chi connectivity index (χ1) is 5.29. The lowest BCUT2D eigenvalue weighted by molar-refractivity contribution is -0.678. The summed E-state index contributed by atoms with van der Waals surface area (Å²) in [5.74, 6) is 0. The van der Waals surface area contributed by atoms with Crippen molar-refractivity contribution in [3.63, 3.8) is 0 Å². The molecule has 0 aromatic carbocycles. The van der Waals surface area contributed by atoms with Gasteiger partial charge in [-0.25, -0.2) is 4.57 Å². The number of nitrogens with zero attached hydrogens (tertiary/aromatic N) is 1. The van der Waals surface area contributed by atoms with Crippen LogP contribution in [0.5, 0.6) is 0 Å². The molecule has 58 valence electrons. The molecule has 0 unspecified atom stereocenters. The molecule has 0 fully saturated rings. The molecule has 11 heavy (non-hydrogen) atoms. The molecule has 1 aromatic heterocycles. The van der Waals surface area contributed by atoms with Gasteiger partial charge in [0.2, 0.25) is 0 Å². The molecule has 1 nitrogen and oxygen atoms in total. The fourth-order valence-electron chi connectivity index (χ4n) is 1.96. The van der Waals surface area contributed by atoms with Gasteiger partial charge in [0.05, 0.1) is 0 Å². The smallest absolute Gasteiger partial charge is 0.184 e. The van der Waals surface area contributed by atoms with E-state index < -0.39 is 0 Å². The van der Waals surface area contributed by atoms with E-state index in [-0.39, 0.29) is 0 Å². The predicted molar refractivity (Wildman–Crippen MR) is 44.4 cm³/mol. The maximum atomic E-state index is 2.26. The van der Waals surface area contributed by atoms with Gasteiger partial charge < -0.3 is 0 Å². The second-order valence-electron chi connectivity index (χ2n) is 3.39. The van der Waals surface area contributed by atoms with Crippen LogP contribution in [0.15, 0.2) is 12.3 Å². The lowest BCUT2D eigenvalue weighted by Gasteiger charge is -1.99. The van der Waals surface area contributed by atoms with Gasteiger partial charge in [0.25, 0.3) is 0 Å². The van der Waals surface area contributed by atoms with E-state index in [1.807, 2.05) is 0 Å². The van der Waals surface area contributed by atoms with Crippen molar-refractivity contribution in [1.29, 1.82) is 0 Å². The Hall–Kier alpha value is -0.850. The number of hydrogen-bond acceptors (Lipinski definition) is 0. The Balaban J connectivity index is 2.64. The van der Waals surface area contributed by atoms with Crippen LogP contribution in [0.25, 0.3) is 0 Å². The van der Waals surface area contributed by atoms with E-state index in [0.29, 0.717) is 0 Å². The van der Waals surface area contributed by atoms with Gasteiger partial charge in [0.1, 0.15) is 7.05 Å². The third-order valence-corrected chi connectivity index (χ3v) is 2.64. The minimum atomic E-state index is 1.27. The maximum absolute atomic E-state index is 2.26. The number of fused-ring (bicyclic) bond motifs is 1. The van der Waals surface area contributed by atoms with Crippen LogP contribution >= 0.6 is 0 Å². The highest BCUT2D eigenvalue weighted by molar-refractivity contribution is 5.29. The van der Waals surface area contributed by atoms with E-state index in [1.54, 1.807) is 11.3 Å². The highest BCUT2D eigenvalue weighted by atomic mass is 14.9. The fraction of sp³-hybridized carbons (Fsp3) is 0.500. The van der Waals surface area contributed by atoms with E-state index in [4.69, 9.17) is 0 Å². The Morgan fingerprint density at radius 3 is 2.91 bits per heavy atom. The van der Waals surface area contributed by atoms with Crippen molar-refractivity contribution in [3.05, 3.63) is 29.1 Å². The summed E-state index contributed by atoms with van der Waals surface area (Å²) in [5.41, 5.74) is 4.61. The molecule has 0 bridgehead atoms. The third-order valence-electron chi connectivity index (χ3n) is 2.64. The molecule has 0 spiro atoms. The summed E-state index contributed by atoms with van der Waals surface area (Å²) in [4.78, 5) is 0. The number of aryl methyl sites for hydroxylation is 2. The van der Waals surface area contributed by atoms with Crippen LogP contribution in [0.2, 0.25) is 0 Å². The van der Waals surface area contributed by atoms with E-state index in [2.05, 4.69) is 30.8 Å². The zero-order valence-corrected chi connectivity index (χ0v) is 7.22. The quantitative estimate of drug-likeness (QED) is 0.488. The predicted octanol–water partition coefficient (Wildman–Crippen LogP) is 1.31. The van der Waals surface area contributed by atoms with E-state index in [1.165, 1.54) is 24.8 Å². The molecular formula is C10H14N+. The molecule has 0 saturated heterocycles. The fourth-order valence-corrected chi connectivity index (χ4v) is 1.96. The van der Waals surface area contributed by atoms with Crippen LogP contribution in [0.1, 0.15) is 23.2 Å². The Bertz CT molecular complexity index is 260.